The maximum Gasteiger partial charge on any atom is 0.320 e. The monoisotopic (exact) mass is 841 g/mol. The molecule has 0 saturated carbocycles. The van der Waals surface area contributed by atoms with Gasteiger partial charge in [0.25, 0.3) is 0 Å². The van der Waals surface area contributed by atoms with E-state index in [1.54, 1.807) is 24.3 Å². The number of halogens is 5. The number of nitrogens with two attached hydrogens (primary N) is 1. The van der Waals surface area contributed by atoms with E-state index in [1.807, 2.05) is 48.5 Å². The van der Waals surface area contributed by atoms with Crippen molar-refractivity contribution < 1.29 is 14.6 Å². The minimum atomic E-state index is -0.103. The number of benzene rings is 4. The third kappa shape index (κ3) is 10.6. The lowest BCUT2D eigenvalue weighted by molar-refractivity contribution is 0.282. The number of aliphatic hydroxyl groups excluding tert-OH is 1. The molecule has 3 N–H and O–H groups in total. The van der Waals surface area contributed by atoms with Gasteiger partial charge in [0.1, 0.15) is 0 Å². The predicted octanol–water partition coefficient (Wildman–Crippen LogP) is 10.7. The standard InChI is InChI=1S/C20H20Cl2N4O.C20H19Cl2N3O2.ClH/c1-11(2)14-9-13(5-7-16(14)21)18-24-19(26-20(25-18)27-3)15-8-12(10-23)4-6-17(15)22;1-11(2)14-9-13(5-7-16(14)21)18-23-19(25-20(24-18)27-3)15-8-12(10-26)4-6-17(15)22;/h4-9,11H,10,23H2,1-3H3;4-9,11,26H,10H2,1-3H3;1H. The minimum absolute atomic E-state index is 0. The molecule has 288 valence electrons. The van der Waals surface area contributed by atoms with Gasteiger partial charge in [0.05, 0.1) is 30.9 Å². The highest BCUT2D eigenvalue weighted by molar-refractivity contribution is 6.33. The van der Waals surface area contributed by atoms with Crippen LogP contribution in [0, 0.1) is 0 Å². The number of nitrogens with zero attached hydrogens (tertiary/aromatic N) is 6. The van der Waals surface area contributed by atoms with Crippen molar-refractivity contribution in [1.82, 2.24) is 29.9 Å². The maximum absolute atomic E-state index is 9.41. The summed E-state index contributed by atoms with van der Waals surface area (Å²) in [5.74, 6) is 2.29. The molecule has 0 bridgehead atoms. The molecule has 0 saturated heterocycles. The SMILES string of the molecule is COc1nc(-c2ccc(Cl)c(C(C)C)c2)nc(-c2cc(CN)ccc2Cl)n1.COc1nc(-c2ccc(Cl)c(C(C)C)c2)nc(-c2cc(CO)ccc2Cl)n1.Cl. The molecule has 15 heteroatoms. The zero-order chi connectivity index (χ0) is 39.1. The van der Waals surface area contributed by atoms with Gasteiger partial charge in [-0.2, -0.15) is 19.9 Å². The average Bonchev–Trinajstić information content (AvgIpc) is 3.18. The van der Waals surface area contributed by atoms with Crippen molar-refractivity contribution >= 4 is 58.8 Å². The van der Waals surface area contributed by atoms with E-state index in [1.165, 1.54) is 14.2 Å². The smallest absolute Gasteiger partial charge is 0.320 e. The minimum Gasteiger partial charge on any atom is -0.467 e. The van der Waals surface area contributed by atoms with Crippen molar-refractivity contribution in [2.24, 2.45) is 5.73 Å². The molecule has 0 amide bonds. The van der Waals surface area contributed by atoms with Crippen LogP contribution in [0.5, 0.6) is 12.0 Å². The number of hydrogen-bond donors (Lipinski definition) is 2. The number of methoxy groups -OCH3 is 2. The number of aromatic nitrogens is 6. The Morgan fingerprint density at radius 1 is 0.545 bits per heavy atom. The first kappa shape index (κ1) is 43.6. The second kappa shape index (κ2) is 19.6. The molecule has 0 aliphatic carbocycles. The van der Waals surface area contributed by atoms with Crippen LogP contribution < -0.4 is 15.2 Å². The Morgan fingerprint density at radius 3 is 1.31 bits per heavy atom. The zero-order valence-corrected chi connectivity index (χ0v) is 34.8. The topological polar surface area (TPSA) is 142 Å². The Bertz CT molecular complexity index is 2120. The second-order valence-electron chi connectivity index (χ2n) is 12.7. The van der Waals surface area contributed by atoms with Crippen LogP contribution >= 0.6 is 58.8 Å². The summed E-state index contributed by atoms with van der Waals surface area (Å²) in [4.78, 5) is 26.6. The summed E-state index contributed by atoms with van der Waals surface area (Å²) in [5, 5.41) is 11.8. The van der Waals surface area contributed by atoms with E-state index < -0.39 is 0 Å². The van der Waals surface area contributed by atoms with E-state index >= 15 is 0 Å². The molecule has 0 spiro atoms. The van der Waals surface area contributed by atoms with Gasteiger partial charge in [0, 0.05) is 38.8 Å². The first-order chi connectivity index (χ1) is 25.8. The number of rotatable bonds is 10. The van der Waals surface area contributed by atoms with Crippen molar-refractivity contribution in [3.63, 3.8) is 0 Å². The number of aliphatic hydroxyl groups is 1. The van der Waals surface area contributed by atoms with Gasteiger partial charge in [0.2, 0.25) is 0 Å². The number of hydrogen-bond acceptors (Lipinski definition) is 10. The van der Waals surface area contributed by atoms with Gasteiger partial charge in [-0.1, -0.05) is 86.2 Å². The van der Waals surface area contributed by atoms with Crippen molar-refractivity contribution in [2.45, 2.75) is 52.7 Å². The van der Waals surface area contributed by atoms with Crippen LogP contribution in [0.4, 0.5) is 0 Å². The van der Waals surface area contributed by atoms with Crippen molar-refractivity contribution in [1.29, 1.82) is 0 Å². The first-order valence-electron chi connectivity index (χ1n) is 16.9. The van der Waals surface area contributed by atoms with Crippen LogP contribution in [0.15, 0.2) is 72.8 Å². The summed E-state index contributed by atoms with van der Waals surface area (Å²) in [6.45, 7) is 8.61. The predicted molar refractivity (Wildman–Crippen MR) is 224 cm³/mol. The van der Waals surface area contributed by atoms with E-state index in [2.05, 4.69) is 57.6 Å². The fourth-order valence-electron chi connectivity index (χ4n) is 5.36. The van der Waals surface area contributed by atoms with E-state index in [9.17, 15) is 5.11 Å². The Balaban J connectivity index is 0.000000240. The van der Waals surface area contributed by atoms with E-state index in [0.29, 0.717) is 66.6 Å². The summed E-state index contributed by atoms with van der Waals surface area (Å²) in [7, 11) is 3.01. The van der Waals surface area contributed by atoms with Gasteiger partial charge in [-0.3, -0.25) is 0 Å². The highest BCUT2D eigenvalue weighted by atomic mass is 35.5. The van der Waals surface area contributed by atoms with Gasteiger partial charge < -0.3 is 20.3 Å². The molecule has 55 heavy (non-hydrogen) atoms. The molecule has 2 aromatic heterocycles. The quantitative estimate of drug-likeness (QED) is 0.137. The average molecular weight is 844 g/mol. The third-order valence-electron chi connectivity index (χ3n) is 8.31. The molecule has 10 nitrogen and oxygen atoms in total. The summed E-state index contributed by atoms with van der Waals surface area (Å²) < 4.78 is 10.5. The van der Waals surface area contributed by atoms with Gasteiger partial charge >= 0.3 is 12.0 Å². The van der Waals surface area contributed by atoms with Crippen LogP contribution in [0.3, 0.4) is 0 Å². The Kier molecular flexibility index (Phi) is 15.6. The zero-order valence-electron chi connectivity index (χ0n) is 30.9. The van der Waals surface area contributed by atoms with Crippen LogP contribution in [0.25, 0.3) is 45.6 Å². The summed E-state index contributed by atoms with van der Waals surface area (Å²) in [5.41, 5.74) is 12.3. The first-order valence-corrected chi connectivity index (χ1v) is 18.4. The lowest BCUT2D eigenvalue weighted by Crippen LogP contribution is -2.02. The molecule has 6 rings (SSSR count). The molecule has 4 aromatic carbocycles. The largest absolute Gasteiger partial charge is 0.467 e. The molecular weight excluding hydrogens is 804 g/mol. The van der Waals surface area contributed by atoms with Crippen molar-refractivity contribution in [3.05, 3.63) is 115 Å². The Morgan fingerprint density at radius 2 is 0.927 bits per heavy atom. The Labute approximate surface area is 346 Å². The van der Waals surface area contributed by atoms with Gasteiger partial charge in [-0.25, -0.2) is 9.97 Å². The summed E-state index contributed by atoms with van der Waals surface area (Å²) in [6.07, 6.45) is 0. The fourth-order valence-corrected chi connectivity index (χ4v) is 6.43. The lowest BCUT2D eigenvalue weighted by Gasteiger charge is -2.12. The maximum atomic E-state index is 9.41. The molecule has 0 atom stereocenters. The third-order valence-corrected chi connectivity index (χ3v) is 9.66. The summed E-state index contributed by atoms with van der Waals surface area (Å²) >= 11 is 25.3. The van der Waals surface area contributed by atoms with Gasteiger partial charge in [-0.05, 0) is 94.8 Å². The van der Waals surface area contributed by atoms with Crippen LogP contribution in [0.2, 0.25) is 20.1 Å². The van der Waals surface area contributed by atoms with Crippen molar-refractivity contribution in [3.8, 4) is 57.6 Å². The molecule has 2 heterocycles. The second-order valence-corrected chi connectivity index (χ2v) is 14.3. The van der Waals surface area contributed by atoms with Gasteiger partial charge in [-0.15, -0.1) is 12.4 Å². The molecule has 0 aliphatic rings. The molecule has 0 unspecified atom stereocenters. The lowest BCUT2D eigenvalue weighted by atomic mass is 10.0. The van der Waals surface area contributed by atoms with Gasteiger partial charge in [0.15, 0.2) is 23.3 Å². The van der Waals surface area contributed by atoms with Crippen molar-refractivity contribution in [2.75, 3.05) is 14.2 Å². The highest BCUT2D eigenvalue weighted by Gasteiger charge is 2.17. The number of ether oxygens (including phenoxy) is 2. The molecular formula is C40H40Cl5N7O3. The van der Waals surface area contributed by atoms with Crippen LogP contribution in [-0.2, 0) is 13.2 Å². The van der Waals surface area contributed by atoms with Crippen LogP contribution in [-0.4, -0.2) is 49.2 Å². The molecule has 6 aromatic rings. The normalized spacial score (nSPS) is 10.9. The fraction of sp³-hybridized carbons (Fsp3) is 0.250. The summed E-state index contributed by atoms with van der Waals surface area (Å²) in [6, 6.07) is 22.5. The van der Waals surface area contributed by atoms with E-state index in [0.717, 1.165) is 27.8 Å². The molecule has 0 radical (unpaired) electrons. The molecule has 0 fully saturated rings. The van der Waals surface area contributed by atoms with E-state index in [4.69, 9.17) is 61.6 Å². The highest BCUT2D eigenvalue weighted by Crippen LogP contribution is 2.34. The van der Waals surface area contributed by atoms with Crippen LogP contribution in [0.1, 0.15) is 61.8 Å². The van der Waals surface area contributed by atoms with E-state index in [-0.39, 0.29) is 42.9 Å². The Hall–Kier alpha value is -4.13. The molecule has 0 aliphatic heterocycles.